The highest BCUT2D eigenvalue weighted by molar-refractivity contribution is 5.47. The van der Waals surface area contributed by atoms with Crippen molar-refractivity contribution in [3.05, 3.63) is 108 Å². The second-order valence-electron chi connectivity index (χ2n) is 10.0. The third-order valence-corrected chi connectivity index (χ3v) is 7.10. The van der Waals surface area contributed by atoms with Crippen molar-refractivity contribution in [3.8, 4) is 0 Å². The maximum absolute atomic E-state index is 6.74. The molecule has 0 aromatic heterocycles. The van der Waals surface area contributed by atoms with E-state index >= 15 is 0 Å². The fourth-order valence-corrected chi connectivity index (χ4v) is 5.04. The van der Waals surface area contributed by atoms with Gasteiger partial charge in [0.1, 0.15) is 5.60 Å². The monoisotopic (exact) mass is 516 g/mol. The molecule has 0 N–H and O–H groups in total. The summed E-state index contributed by atoms with van der Waals surface area (Å²) in [7, 11) is 0. The van der Waals surface area contributed by atoms with Crippen molar-refractivity contribution in [2.75, 3.05) is 33.0 Å². The van der Waals surface area contributed by atoms with Crippen LogP contribution in [0.3, 0.4) is 0 Å². The summed E-state index contributed by atoms with van der Waals surface area (Å²) in [6.45, 7) is 5.34. The topological polar surface area (TPSA) is 27.7 Å². The van der Waals surface area contributed by atoms with Crippen LogP contribution in [0.2, 0.25) is 0 Å². The summed E-state index contributed by atoms with van der Waals surface area (Å²) in [5.41, 5.74) is 2.63. The quantitative estimate of drug-likeness (QED) is 0.104. The summed E-state index contributed by atoms with van der Waals surface area (Å²) in [5.74, 6) is 0. The van der Waals surface area contributed by atoms with E-state index in [4.69, 9.17) is 14.2 Å². The molecule has 0 aliphatic rings. The molecule has 0 aliphatic heterocycles. The van der Waals surface area contributed by atoms with Crippen LogP contribution in [-0.2, 0) is 19.8 Å². The molecular formula is C35H48O3. The molecular weight excluding hydrogens is 468 g/mol. The Labute approximate surface area is 231 Å². The van der Waals surface area contributed by atoms with Crippen LogP contribution in [0.4, 0.5) is 0 Å². The van der Waals surface area contributed by atoms with Crippen LogP contribution in [0.25, 0.3) is 0 Å². The first-order chi connectivity index (χ1) is 18.9. The zero-order valence-corrected chi connectivity index (χ0v) is 23.5. The van der Waals surface area contributed by atoms with Crippen LogP contribution in [0.5, 0.6) is 0 Å². The molecule has 3 nitrogen and oxygen atoms in total. The summed E-state index contributed by atoms with van der Waals surface area (Å²) >= 11 is 0. The van der Waals surface area contributed by atoms with Gasteiger partial charge >= 0.3 is 0 Å². The first-order valence-electron chi connectivity index (χ1n) is 14.8. The molecule has 206 valence electrons. The van der Waals surface area contributed by atoms with E-state index in [1.54, 1.807) is 0 Å². The van der Waals surface area contributed by atoms with Gasteiger partial charge in [-0.3, -0.25) is 0 Å². The van der Waals surface area contributed by atoms with Crippen LogP contribution < -0.4 is 0 Å². The van der Waals surface area contributed by atoms with Gasteiger partial charge in [0.15, 0.2) is 0 Å². The van der Waals surface area contributed by atoms with Crippen molar-refractivity contribution in [1.82, 2.24) is 0 Å². The Hall–Kier alpha value is -2.46. The lowest BCUT2D eigenvalue weighted by molar-refractivity contribution is -0.0334. The van der Waals surface area contributed by atoms with Gasteiger partial charge < -0.3 is 14.2 Å². The Morgan fingerprint density at radius 3 is 1.24 bits per heavy atom. The van der Waals surface area contributed by atoms with Crippen molar-refractivity contribution in [1.29, 1.82) is 0 Å². The normalized spacial score (nSPS) is 11.6. The standard InChI is InChI=1S/C35H48O3/c1-2-3-4-5-6-7-8-9-10-20-27-36-28-29-37-30-31-38-35(32-21-14-11-15-22-32,33-23-16-12-17-24-33)34-25-18-13-19-26-34/h11-19,21-26H,2-10,20,27-31H2,1H3. The predicted octanol–water partition coefficient (Wildman–Crippen LogP) is 8.95. The van der Waals surface area contributed by atoms with E-state index in [2.05, 4.69) is 79.7 Å². The maximum atomic E-state index is 6.74. The fraction of sp³-hybridized carbons (Fsp3) is 0.486. The molecule has 3 rings (SSSR count). The molecule has 0 heterocycles. The maximum Gasteiger partial charge on any atom is 0.143 e. The highest BCUT2D eigenvalue weighted by Crippen LogP contribution is 2.40. The zero-order chi connectivity index (χ0) is 26.6. The van der Waals surface area contributed by atoms with E-state index in [0.717, 1.165) is 29.7 Å². The van der Waals surface area contributed by atoms with Gasteiger partial charge in [-0.1, -0.05) is 156 Å². The third kappa shape index (κ3) is 10.0. The van der Waals surface area contributed by atoms with Crippen molar-refractivity contribution in [2.24, 2.45) is 0 Å². The fourth-order valence-electron chi connectivity index (χ4n) is 5.04. The minimum atomic E-state index is -0.695. The van der Waals surface area contributed by atoms with Gasteiger partial charge in [0.25, 0.3) is 0 Å². The number of unbranched alkanes of at least 4 members (excludes halogenated alkanes) is 9. The van der Waals surface area contributed by atoms with E-state index in [-0.39, 0.29) is 0 Å². The summed E-state index contributed by atoms with van der Waals surface area (Å²) < 4.78 is 18.4. The molecule has 0 amide bonds. The van der Waals surface area contributed by atoms with E-state index in [9.17, 15) is 0 Å². The number of hydrogen-bond donors (Lipinski definition) is 0. The first-order valence-corrected chi connectivity index (χ1v) is 14.8. The van der Waals surface area contributed by atoms with E-state index < -0.39 is 5.60 Å². The van der Waals surface area contributed by atoms with Gasteiger partial charge in [0, 0.05) is 6.61 Å². The van der Waals surface area contributed by atoms with Crippen molar-refractivity contribution < 1.29 is 14.2 Å². The molecule has 0 atom stereocenters. The SMILES string of the molecule is CCCCCCCCCCCCOCCOCCOC(c1ccccc1)(c1ccccc1)c1ccccc1. The lowest BCUT2D eigenvalue weighted by atomic mass is 9.80. The second-order valence-corrected chi connectivity index (χ2v) is 10.0. The lowest BCUT2D eigenvalue weighted by Gasteiger charge is -2.36. The highest BCUT2D eigenvalue weighted by atomic mass is 16.5. The Kier molecular flexibility index (Phi) is 14.8. The van der Waals surface area contributed by atoms with Gasteiger partial charge in [-0.05, 0) is 23.1 Å². The lowest BCUT2D eigenvalue weighted by Crippen LogP contribution is -2.34. The molecule has 0 fully saturated rings. The highest BCUT2D eigenvalue weighted by Gasteiger charge is 2.37. The predicted molar refractivity (Wildman–Crippen MR) is 159 cm³/mol. The summed E-state index contributed by atoms with van der Waals surface area (Å²) in [6, 6.07) is 31.4. The van der Waals surface area contributed by atoms with Gasteiger partial charge in [-0.25, -0.2) is 0 Å². The van der Waals surface area contributed by atoms with E-state index in [1.807, 2.05) is 18.2 Å². The molecule has 3 aromatic rings. The molecule has 0 unspecified atom stereocenters. The van der Waals surface area contributed by atoms with Crippen molar-refractivity contribution in [3.63, 3.8) is 0 Å². The van der Waals surface area contributed by atoms with Crippen LogP contribution in [-0.4, -0.2) is 33.0 Å². The van der Waals surface area contributed by atoms with Crippen molar-refractivity contribution >= 4 is 0 Å². The van der Waals surface area contributed by atoms with Crippen LogP contribution in [0.15, 0.2) is 91.0 Å². The zero-order valence-electron chi connectivity index (χ0n) is 23.5. The molecule has 0 bridgehead atoms. The average molecular weight is 517 g/mol. The minimum absolute atomic E-state index is 0.483. The smallest absolute Gasteiger partial charge is 0.143 e. The molecule has 0 saturated heterocycles. The second kappa shape index (κ2) is 18.7. The Bertz CT molecular complexity index is 846. The molecule has 3 heteroatoms. The number of hydrogen-bond acceptors (Lipinski definition) is 3. The minimum Gasteiger partial charge on any atom is -0.379 e. The van der Waals surface area contributed by atoms with E-state index in [0.29, 0.717) is 26.4 Å². The largest absolute Gasteiger partial charge is 0.379 e. The van der Waals surface area contributed by atoms with Gasteiger partial charge in [-0.2, -0.15) is 0 Å². The number of ether oxygens (including phenoxy) is 3. The Morgan fingerprint density at radius 2 is 0.789 bits per heavy atom. The summed E-state index contributed by atoms with van der Waals surface area (Å²) in [4.78, 5) is 0. The summed E-state index contributed by atoms with van der Waals surface area (Å²) in [5, 5.41) is 0. The molecule has 0 saturated carbocycles. The average Bonchev–Trinajstić information content (AvgIpc) is 2.98. The van der Waals surface area contributed by atoms with Crippen molar-refractivity contribution in [2.45, 2.75) is 76.7 Å². The number of rotatable bonds is 21. The number of benzene rings is 3. The third-order valence-electron chi connectivity index (χ3n) is 7.10. The Morgan fingerprint density at radius 1 is 0.421 bits per heavy atom. The van der Waals surface area contributed by atoms with Crippen LogP contribution in [0.1, 0.15) is 87.8 Å². The molecule has 0 radical (unpaired) electrons. The van der Waals surface area contributed by atoms with Gasteiger partial charge in [0.2, 0.25) is 0 Å². The van der Waals surface area contributed by atoms with Gasteiger partial charge in [0.05, 0.1) is 26.4 Å². The van der Waals surface area contributed by atoms with E-state index in [1.165, 1.54) is 57.8 Å². The first kappa shape index (κ1) is 30.1. The summed E-state index contributed by atoms with van der Waals surface area (Å²) in [6.07, 6.45) is 13.4. The molecule has 0 aliphatic carbocycles. The van der Waals surface area contributed by atoms with Crippen LogP contribution in [0, 0.1) is 0 Å². The van der Waals surface area contributed by atoms with Crippen LogP contribution >= 0.6 is 0 Å². The Balaban J connectivity index is 1.38. The molecule has 38 heavy (non-hydrogen) atoms. The molecule has 0 spiro atoms. The van der Waals surface area contributed by atoms with Gasteiger partial charge in [-0.15, -0.1) is 0 Å². The molecule has 3 aromatic carbocycles.